The van der Waals surface area contributed by atoms with Crippen molar-refractivity contribution in [3.05, 3.63) is 30.3 Å². The van der Waals surface area contributed by atoms with Crippen LogP contribution in [-0.2, 0) is 0 Å². The Labute approximate surface area is 121 Å². The number of unbranched alkanes of at least 4 members (excludes halogenated alkanes) is 1. The van der Waals surface area contributed by atoms with Gasteiger partial charge in [0.1, 0.15) is 0 Å². The molecule has 0 saturated heterocycles. The molecule has 0 radical (unpaired) electrons. The monoisotopic (exact) mass is 279 g/mol. The van der Waals surface area contributed by atoms with E-state index in [1.807, 2.05) is 24.9 Å². The first kappa shape index (κ1) is 15.9. The second-order valence-corrected chi connectivity index (χ2v) is 5.58. The molecular weight excluding hydrogens is 254 g/mol. The molecule has 19 heavy (non-hydrogen) atoms. The number of benzene rings is 1. The van der Waals surface area contributed by atoms with E-state index in [1.54, 1.807) is 0 Å². The first-order valence-corrected chi connectivity index (χ1v) is 7.86. The second-order valence-electron chi connectivity index (χ2n) is 4.41. The summed E-state index contributed by atoms with van der Waals surface area (Å²) < 4.78 is 0. The molecule has 0 fully saturated rings. The number of nitrogens with one attached hydrogen (secondary N) is 1. The Morgan fingerprint density at radius 1 is 1.32 bits per heavy atom. The summed E-state index contributed by atoms with van der Waals surface area (Å²) in [5.74, 6) is 2.03. The number of guanidine groups is 1. The van der Waals surface area contributed by atoms with Crippen LogP contribution in [0.25, 0.3) is 0 Å². The highest BCUT2D eigenvalue weighted by Crippen LogP contribution is 2.15. The third kappa shape index (κ3) is 6.53. The molecule has 1 rings (SSSR count). The van der Waals surface area contributed by atoms with E-state index in [9.17, 15) is 0 Å². The van der Waals surface area contributed by atoms with E-state index >= 15 is 0 Å². The molecule has 0 saturated carbocycles. The molecule has 0 bridgehead atoms. The van der Waals surface area contributed by atoms with Crippen molar-refractivity contribution in [1.29, 1.82) is 0 Å². The number of nitrogens with zero attached hydrogens (tertiary/aromatic N) is 2. The van der Waals surface area contributed by atoms with Gasteiger partial charge in [-0.05, 0) is 18.6 Å². The van der Waals surface area contributed by atoms with Gasteiger partial charge in [-0.3, -0.25) is 4.99 Å². The maximum Gasteiger partial charge on any atom is 0.193 e. The first-order valence-electron chi connectivity index (χ1n) is 6.87. The molecular formula is C15H25N3S. The minimum absolute atomic E-state index is 0.933. The Morgan fingerprint density at radius 3 is 2.68 bits per heavy atom. The summed E-state index contributed by atoms with van der Waals surface area (Å²) in [5.41, 5.74) is 0. The number of hydrogen-bond acceptors (Lipinski definition) is 2. The molecule has 0 heterocycles. The first-order chi connectivity index (χ1) is 9.27. The van der Waals surface area contributed by atoms with Gasteiger partial charge >= 0.3 is 0 Å². The van der Waals surface area contributed by atoms with Crippen LogP contribution >= 0.6 is 11.8 Å². The molecule has 4 heteroatoms. The summed E-state index contributed by atoms with van der Waals surface area (Å²) >= 11 is 1.87. The van der Waals surface area contributed by atoms with Gasteiger partial charge in [0.25, 0.3) is 0 Å². The van der Waals surface area contributed by atoms with Crippen molar-refractivity contribution in [1.82, 2.24) is 10.2 Å². The number of rotatable bonds is 7. The fraction of sp³-hybridized carbons (Fsp3) is 0.533. The van der Waals surface area contributed by atoms with Crippen LogP contribution in [0.4, 0.5) is 0 Å². The normalized spacial score (nSPS) is 11.4. The van der Waals surface area contributed by atoms with E-state index < -0.39 is 0 Å². The molecule has 1 N–H and O–H groups in total. The molecule has 1 aromatic rings. The van der Waals surface area contributed by atoms with E-state index in [0.717, 1.165) is 24.8 Å². The Balaban J connectivity index is 2.23. The molecule has 3 nitrogen and oxygen atoms in total. The fourth-order valence-corrected chi connectivity index (χ4v) is 2.52. The predicted octanol–water partition coefficient (Wildman–Crippen LogP) is 3.09. The van der Waals surface area contributed by atoms with Crippen molar-refractivity contribution in [2.75, 3.05) is 32.9 Å². The standard InChI is InChI=1S/C15H25N3S/c1-4-5-12-18(3)15(16-2)17-11-13-19-14-9-7-6-8-10-14/h6-10H,4-5,11-13H2,1-3H3,(H,16,17). The van der Waals surface area contributed by atoms with Crippen LogP contribution in [-0.4, -0.2) is 43.8 Å². The maximum absolute atomic E-state index is 4.31. The van der Waals surface area contributed by atoms with Gasteiger partial charge in [0.2, 0.25) is 0 Å². The van der Waals surface area contributed by atoms with Crippen molar-refractivity contribution in [3.63, 3.8) is 0 Å². The number of thioether (sulfide) groups is 1. The van der Waals surface area contributed by atoms with Crippen LogP contribution in [0.1, 0.15) is 19.8 Å². The van der Waals surface area contributed by atoms with Gasteiger partial charge in [0.05, 0.1) is 0 Å². The molecule has 1 aromatic carbocycles. The summed E-state index contributed by atoms with van der Waals surface area (Å²) in [6, 6.07) is 10.5. The van der Waals surface area contributed by atoms with Gasteiger partial charge in [-0.15, -0.1) is 11.8 Å². The summed E-state index contributed by atoms with van der Waals surface area (Å²) in [6.07, 6.45) is 2.42. The van der Waals surface area contributed by atoms with E-state index in [-0.39, 0.29) is 0 Å². The zero-order valence-electron chi connectivity index (χ0n) is 12.2. The molecule has 0 aliphatic carbocycles. The highest BCUT2D eigenvalue weighted by molar-refractivity contribution is 7.99. The SMILES string of the molecule is CCCCN(C)C(=NC)NCCSc1ccccc1. The Bertz CT molecular complexity index is 365. The highest BCUT2D eigenvalue weighted by atomic mass is 32.2. The van der Waals surface area contributed by atoms with Gasteiger partial charge in [-0.1, -0.05) is 31.5 Å². The Kier molecular flexibility index (Phi) is 8.14. The molecule has 0 aromatic heterocycles. The van der Waals surface area contributed by atoms with Crippen LogP contribution in [0.5, 0.6) is 0 Å². The molecule has 0 aliphatic heterocycles. The summed E-state index contributed by atoms with van der Waals surface area (Å²) in [5, 5.41) is 3.40. The van der Waals surface area contributed by atoms with Gasteiger partial charge in [-0.25, -0.2) is 0 Å². The van der Waals surface area contributed by atoms with Gasteiger partial charge in [0, 0.05) is 37.8 Å². The largest absolute Gasteiger partial charge is 0.355 e. The molecule has 0 atom stereocenters. The van der Waals surface area contributed by atoms with Gasteiger partial charge in [-0.2, -0.15) is 0 Å². The minimum Gasteiger partial charge on any atom is -0.355 e. The molecule has 0 amide bonds. The quantitative estimate of drug-likeness (QED) is 0.360. The predicted molar refractivity (Wildman–Crippen MR) is 86.1 cm³/mol. The lowest BCUT2D eigenvalue weighted by atomic mass is 10.3. The third-order valence-electron chi connectivity index (χ3n) is 2.82. The lowest BCUT2D eigenvalue weighted by molar-refractivity contribution is 0.467. The average Bonchev–Trinajstić information content (AvgIpc) is 2.46. The maximum atomic E-state index is 4.31. The summed E-state index contributed by atoms with van der Waals surface area (Å²) in [4.78, 5) is 7.82. The molecule has 0 unspecified atom stereocenters. The van der Waals surface area contributed by atoms with Crippen molar-refractivity contribution in [2.45, 2.75) is 24.7 Å². The van der Waals surface area contributed by atoms with Crippen LogP contribution in [0, 0.1) is 0 Å². The lowest BCUT2D eigenvalue weighted by Crippen LogP contribution is -2.40. The topological polar surface area (TPSA) is 27.6 Å². The van der Waals surface area contributed by atoms with E-state index in [2.05, 4.69) is 53.4 Å². The van der Waals surface area contributed by atoms with Crippen LogP contribution in [0.15, 0.2) is 40.2 Å². The van der Waals surface area contributed by atoms with Crippen molar-refractivity contribution in [3.8, 4) is 0 Å². The van der Waals surface area contributed by atoms with Crippen molar-refractivity contribution < 1.29 is 0 Å². The molecule has 0 aliphatic rings. The summed E-state index contributed by atoms with van der Waals surface area (Å²) in [6.45, 7) is 4.20. The van der Waals surface area contributed by atoms with E-state index in [4.69, 9.17) is 0 Å². The van der Waals surface area contributed by atoms with E-state index in [0.29, 0.717) is 0 Å². The Hall–Kier alpha value is -1.16. The summed E-state index contributed by atoms with van der Waals surface area (Å²) in [7, 11) is 3.93. The van der Waals surface area contributed by atoms with Crippen LogP contribution < -0.4 is 5.32 Å². The van der Waals surface area contributed by atoms with Crippen LogP contribution in [0.2, 0.25) is 0 Å². The second kappa shape index (κ2) is 9.73. The van der Waals surface area contributed by atoms with Gasteiger partial charge in [0.15, 0.2) is 5.96 Å². The third-order valence-corrected chi connectivity index (χ3v) is 3.83. The lowest BCUT2D eigenvalue weighted by Gasteiger charge is -2.21. The Morgan fingerprint density at radius 2 is 2.05 bits per heavy atom. The van der Waals surface area contributed by atoms with E-state index in [1.165, 1.54) is 17.7 Å². The zero-order valence-corrected chi connectivity index (χ0v) is 13.0. The number of hydrogen-bond donors (Lipinski definition) is 1. The molecule has 0 spiro atoms. The highest BCUT2D eigenvalue weighted by Gasteiger charge is 2.03. The smallest absolute Gasteiger partial charge is 0.193 e. The molecule has 106 valence electrons. The van der Waals surface area contributed by atoms with Crippen LogP contribution in [0.3, 0.4) is 0 Å². The van der Waals surface area contributed by atoms with Crippen molar-refractivity contribution in [2.24, 2.45) is 4.99 Å². The average molecular weight is 279 g/mol. The zero-order chi connectivity index (χ0) is 13.9. The minimum atomic E-state index is 0.933. The van der Waals surface area contributed by atoms with Gasteiger partial charge < -0.3 is 10.2 Å². The fourth-order valence-electron chi connectivity index (χ4n) is 1.73. The van der Waals surface area contributed by atoms with Crippen molar-refractivity contribution >= 4 is 17.7 Å². The number of aliphatic imine (C=N–C) groups is 1.